The number of hydrogen-bond acceptors (Lipinski definition) is 4. The van der Waals surface area contributed by atoms with Crippen molar-refractivity contribution in [2.75, 3.05) is 13.6 Å². The second kappa shape index (κ2) is 9.73. The zero-order chi connectivity index (χ0) is 23.6. The van der Waals surface area contributed by atoms with Gasteiger partial charge in [0.05, 0.1) is 21.9 Å². The summed E-state index contributed by atoms with van der Waals surface area (Å²) in [6.45, 7) is 0.137. The van der Waals surface area contributed by atoms with Crippen LogP contribution in [0.5, 0.6) is 0 Å². The zero-order valence-corrected chi connectivity index (χ0v) is 19.7. The van der Waals surface area contributed by atoms with Gasteiger partial charge in [-0.1, -0.05) is 37.3 Å². The Labute approximate surface area is 198 Å². The summed E-state index contributed by atoms with van der Waals surface area (Å²) < 4.78 is 2.74. The number of likely N-dealkylation sites (N-methyl/N-ethyl adjacent to an activating group) is 1. The predicted molar refractivity (Wildman–Crippen MR) is 126 cm³/mol. The van der Waals surface area contributed by atoms with Crippen LogP contribution in [0.4, 0.5) is 0 Å². The summed E-state index contributed by atoms with van der Waals surface area (Å²) in [7, 11) is 1.76. The van der Waals surface area contributed by atoms with Crippen molar-refractivity contribution in [3.8, 4) is 5.69 Å². The van der Waals surface area contributed by atoms with Crippen molar-refractivity contribution in [1.29, 1.82) is 0 Å². The molecule has 2 N–H and O–H groups in total. The first-order chi connectivity index (χ1) is 15.8. The summed E-state index contributed by atoms with van der Waals surface area (Å²) in [6, 6.07) is 5.06. The summed E-state index contributed by atoms with van der Waals surface area (Å²) in [5.41, 5.74) is -0.557. The largest absolute Gasteiger partial charge is 0.388 e. The first-order valence-electron chi connectivity index (χ1n) is 11.6. The molecule has 33 heavy (non-hydrogen) atoms. The van der Waals surface area contributed by atoms with Gasteiger partial charge in [0.15, 0.2) is 0 Å². The number of rotatable bonds is 7. The second-order valence-electron chi connectivity index (χ2n) is 9.30. The fraction of sp³-hybridized carbons (Fsp3) is 0.542. The second-order valence-corrected chi connectivity index (χ2v) is 9.71. The van der Waals surface area contributed by atoms with Gasteiger partial charge in [0.25, 0.3) is 5.91 Å². The molecule has 4 rings (SSSR count). The van der Waals surface area contributed by atoms with Crippen LogP contribution in [-0.4, -0.2) is 56.2 Å². The number of benzene rings is 1. The molecule has 9 heteroatoms. The van der Waals surface area contributed by atoms with Gasteiger partial charge in [0, 0.05) is 32.0 Å². The molecule has 8 nitrogen and oxygen atoms in total. The molecule has 0 unspecified atom stereocenters. The fourth-order valence-electron chi connectivity index (χ4n) is 4.39. The van der Waals surface area contributed by atoms with Gasteiger partial charge >= 0.3 is 5.69 Å². The van der Waals surface area contributed by atoms with Gasteiger partial charge in [-0.2, -0.15) is 0 Å². The summed E-state index contributed by atoms with van der Waals surface area (Å²) >= 11 is 6.28. The number of aromatic nitrogens is 2. The lowest BCUT2D eigenvalue weighted by Gasteiger charge is -2.26. The summed E-state index contributed by atoms with van der Waals surface area (Å²) in [4.78, 5) is 39.8. The van der Waals surface area contributed by atoms with E-state index in [1.807, 2.05) is 0 Å². The molecule has 1 aromatic heterocycles. The van der Waals surface area contributed by atoms with Crippen molar-refractivity contribution in [3.05, 3.63) is 51.7 Å². The van der Waals surface area contributed by atoms with Crippen molar-refractivity contribution in [1.82, 2.24) is 19.4 Å². The Morgan fingerprint density at radius 1 is 1.18 bits per heavy atom. The lowest BCUT2D eigenvalue weighted by atomic mass is 9.94. The van der Waals surface area contributed by atoms with Crippen LogP contribution in [0.1, 0.15) is 61.7 Å². The number of amides is 2. The van der Waals surface area contributed by atoms with Crippen LogP contribution in [0.3, 0.4) is 0 Å². The van der Waals surface area contributed by atoms with E-state index >= 15 is 0 Å². The maximum Gasteiger partial charge on any atom is 0.333 e. The third kappa shape index (κ3) is 5.50. The highest BCUT2D eigenvalue weighted by Crippen LogP contribution is 2.27. The molecule has 1 heterocycles. The molecular formula is C24H31ClN4O4. The molecule has 2 aromatic rings. The van der Waals surface area contributed by atoms with E-state index in [0.717, 1.165) is 38.5 Å². The highest BCUT2D eigenvalue weighted by Gasteiger charge is 2.30. The van der Waals surface area contributed by atoms with Crippen molar-refractivity contribution < 1.29 is 14.7 Å². The van der Waals surface area contributed by atoms with Crippen LogP contribution >= 0.6 is 11.6 Å². The number of carbonyl (C=O) groups is 2. The maximum absolute atomic E-state index is 12.9. The van der Waals surface area contributed by atoms with E-state index in [0.29, 0.717) is 18.5 Å². The average Bonchev–Trinajstić information content (AvgIpc) is 3.61. The SMILES string of the molecule is CN(C(=O)Cn1ccn(-c2ccc(Cl)c(C(=O)NCC3(O)CCCCCC3)c2)c1=O)C1CC1. The fourth-order valence-corrected chi connectivity index (χ4v) is 4.60. The van der Waals surface area contributed by atoms with Crippen molar-refractivity contribution >= 4 is 23.4 Å². The van der Waals surface area contributed by atoms with E-state index in [2.05, 4.69) is 5.32 Å². The zero-order valence-electron chi connectivity index (χ0n) is 18.9. The number of nitrogens with one attached hydrogen (secondary N) is 1. The first kappa shape index (κ1) is 23.6. The van der Waals surface area contributed by atoms with Crippen LogP contribution in [0.25, 0.3) is 5.69 Å². The Kier molecular flexibility index (Phi) is 6.95. The van der Waals surface area contributed by atoms with E-state index in [9.17, 15) is 19.5 Å². The molecule has 0 bridgehead atoms. The quantitative estimate of drug-likeness (QED) is 0.603. The number of aliphatic hydroxyl groups is 1. The topological polar surface area (TPSA) is 96.6 Å². The molecule has 2 amide bonds. The summed E-state index contributed by atoms with van der Waals surface area (Å²) in [5.74, 6) is -0.502. The van der Waals surface area contributed by atoms with Crippen molar-refractivity contribution in [2.24, 2.45) is 0 Å². The minimum absolute atomic E-state index is 0.0294. The Balaban J connectivity index is 1.48. The van der Waals surface area contributed by atoms with E-state index in [1.54, 1.807) is 42.5 Å². The molecule has 178 valence electrons. The number of hydrogen-bond donors (Lipinski definition) is 2. The Hall–Kier alpha value is -2.58. The molecule has 0 spiro atoms. The molecule has 1 aromatic carbocycles. The number of halogens is 1. The lowest BCUT2D eigenvalue weighted by molar-refractivity contribution is -0.131. The molecule has 0 atom stereocenters. The van der Waals surface area contributed by atoms with Gasteiger partial charge in [-0.05, 0) is 43.9 Å². The summed E-state index contributed by atoms with van der Waals surface area (Å²) in [6.07, 6.45) is 10.6. The standard InChI is InChI=1S/C24H31ClN4O4/c1-27(17-6-7-17)21(30)15-28-12-13-29(23(28)32)18-8-9-20(25)19(14-18)22(31)26-16-24(33)10-4-2-3-5-11-24/h8-9,12-14,17,33H,2-7,10-11,15-16H2,1H3,(H,26,31). The molecular weight excluding hydrogens is 444 g/mol. The third-order valence-corrected chi connectivity index (χ3v) is 7.06. The van der Waals surface area contributed by atoms with Crippen LogP contribution in [-0.2, 0) is 11.3 Å². The monoisotopic (exact) mass is 474 g/mol. The number of imidazole rings is 1. The maximum atomic E-state index is 12.9. The Bertz CT molecular complexity index is 1080. The Morgan fingerprint density at radius 3 is 2.55 bits per heavy atom. The summed E-state index contributed by atoms with van der Waals surface area (Å²) in [5, 5.41) is 13.9. The molecule has 2 saturated carbocycles. The van der Waals surface area contributed by atoms with E-state index in [1.165, 1.54) is 9.13 Å². The van der Waals surface area contributed by atoms with Gasteiger partial charge in [-0.25, -0.2) is 4.79 Å². The molecule has 0 aliphatic heterocycles. The lowest BCUT2D eigenvalue weighted by Crippen LogP contribution is -2.42. The van der Waals surface area contributed by atoms with Crippen LogP contribution in [0.2, 0.25) is 5.02 Å². The normalized spacial score (nSPS) is 17.9. The number of nitrogens with zero attached hydrogens (tertiary/aromatic N) is 3. The van der Waals surface area contributed by atoms with Crippen LogP contribution < -0.4 is 11.0 Å². The van der Waals surface area contributed by atoms with Crippen LogP contribution in [0, 0.1) is 0 Å². The molecule has 2 fully saturated rings. The smallest absolute Gasteiger partial charge is 0.333 e. The number of carbonyl (C=O) groups excluding carboxylic acids is 2. The van der Waals surface area contributed by atoms with Crippen LogP contribution in [0.15, 0.2) is 35.4 Å². The highest BCUT2D eigenvalue weighted by molar-refractivity contribution is 6.33. The minimum atomic E-state index is -0.898. The van der Waals surface area contributed by atoms with E-state index in [4.69, 9.17) is 11.6 Å². The molecule has 0 saturated heterocycles. The van der Waals surface area contributed by atoms with Gasteiger partial charge < -0.3 is 15.3 Å². The molecule has 0 radical (unpaired) electrons. The Morgan fingerprint density at radius 2 is 1.88 bits per heavy atom. The van der Waals surface area contributed by atoms with Gasteiger partial charge in [-0.15, -0.1) is 0 Å². The minimum Gasteiger partial charge on any atom is -0.388 e. The van der Waals surface area contributed by atoms with Crippen molar-refractivity contribution in [2.45, 2.75) is 69.6 Å². The van der Waals surface area contributed by atoms with Gasteiger partial charge in [0.1, 0.15) is 6.54 Å². The molecule has 2 aliphatic rings. The highest BCUT2D eigenvalue weighted by atomic mass is 35.5. The van der Waals surface area contributed by atoms with Gasteiger partial charge in [0.2, 0.25) is 5.91 Å². The average molecular weight is 475 g/mol. The predicted octanol–water partition coefficient (Wildman–Crippen LogP) is 2.73. The third-order valence-electron chi connectivity index (χ3n) is 6.73. The molecule has 2 aliphatic carbocycles. The van der Waals surface area contributed by atoms with Gasteiger partial charge in [-0.3, -0.25) is 18.7 Å². The van der Waals surface area contributed by atoms with Crippen molar-refractivity contribution in [3.63, 3.8) is 0 Å². The van der Waals surface area contributed by atoms with E-state index < -0.39 is 11.5 Å². The van der Waals surface area contributed by atoms with E-state index in [-0.39, 0.29) is 41.3 Å². The first-order valence-corrected chi connectivity index (χ1v) is 12.0.